The Morgan fingerprint density at radius 3 is 1.79 bits per heavy atom. The molecule has 0 aromatic heterocycles. The Labute approximate surface area is 150 Å². The minimum absolute atomic E-state index is 0. The lowest BCUT2D eigenvalue weighted by molar-refractivity contribution is 0.608. The molecule has 0 aliphatic heterocycles. The Bertz CT molecular complexity index is 527. The van der Waals surface area contributed by atoms with Gasteiger partial charge in [-0.15, -0.1) is 0 Å². The van der Waals surface area contributed by atoms with Gasteiger partial charge < -0.3 is 0 Å². The van der Waals surface area contributed by atoms with Crippen molar-refractivity contribution in [2.24, 2.45) is 0 Å². The Hall–Kier alpha value is -1.63. The predicted octanol–water partition coefficient (Wildman–Crippen LogP) is 7.95. The molecular weight excluding hydrogens is 295 g/mol. The molecular formula is C23H37F. The lowest BCUT2D eigenvalue weighted by atomic mass is 10.0. The lowest BCUT2D eigenvalue weighted by Crippen LogP contribution is -1.94. The van der Waals surface area contributed by atoms with Gasteiger partial charge in [-0.2, -0.15) is 0 Å². The zero-order valence-electron chi connectivity index (χ0n) is 14.4. The molecule has 0 atom stereocenters. The van der Waals surface area contributed by atoms with Crippen LogP contribution in [-0.2, 0) is 6.42 Å². The van der Waals surface area contributed by atoms with Crippen LogP contribution in [-0.4, -0.2) is 0 Å². The number of hydrogen-bond acceptors (Lipinski definition) is 0. The van der Waals surface area contributed by atoms with Crippen LogP contribution in [0, 0.1) is 12.7 Å². The molecule has 2 aromatic carbocycles. The van der Waals surface area contributed by atoms with Crippen LogP contribution in [0.15, 0.2) is 48.5 Å². The molecule has 1 aliphatic rings. The van der Waals surface area contributed by atoms with E-state index in [-0.39, 0.29) is 20.7 Å². The first kappa shape index (κ1) is 24.6. The topological polar surface area (TPSA) is 0 Å². The molecule has 3 rings (SSSR count). The summed E-state index contributed by atoms with van der Waals surface area (Å²) in [6, 6.07) is 15.7. The van der Waals surface area contributed by atoms with Gasteiger partial charge in [0.25, 0.3) is 0 Å². The molecule has 0 nitrogen and oxygen atoms in total. The Morgan fingerprint density at radius 1 is 0.875 bits per heavy atom. The van der Waals surface area contributed by atoms with E-state index < -0.39 is 0 Å². The predicted molar refractivity (Wildman–Crippen MR) is 108 cm³/mol. The van der Waals surface area contributed by atoms with Crippen LogP contribution in [0.1, 0.15) is 77.5 Å². The number of aryl methyl sites for hydroxylation is 1. The third-order valence-corrected chi connectivity index (χ3v) is 3.47. The average Bonchev–Trinajstić information content (AvgIpc) is 3.34. The van der Waals surface area contributed by atoms with Crippen molar-refractivity contribution in [3.05, 3.63) is 71.0 Å². The molecule has 0 radical (unpaired) electrons. The fraction of sp³-hybridized carbons (Fsp3) is 0.478. The third-order valence-electron chi connectivity index (χ3n) is 3.47. The molecule has 24 heavy (non-hydrogen) atoms. The van der Waals surface area contributed by atoms with E-state index in [4.69, 9.17) is 0 Å². The van der Waals surface area contributed by atoms with Gasteiger partial charge in [0.1, 0.15) is 5.82 Å². The van der Waals surface area contributed by atoms with Crippen LogP contribution in [0.2, 0.25) is 0 Å². The molecule has 0 amide bonds. The van der Waals surface area contributed by atoms with Crippen molar-refractivity contribution in [3.8, 4) is 0 Å². The smallest absolute Gasteiger partial charge is 0.126 e. The zero-order chi connectivity index (χ0) is 16.4. The van der Waals surface area contributed by atoms with E-state index in [1.54, 1.807) is 6.07 Å². The quantitative estimate of drug-likeness (QED) is 0.523. The van der Waals surface area contributed by atoms with Crippen molar-refractivity contribution in [3.63, 3.8) is 0 Å². The number of hydrogen-bond donors (Lipinski definition) is 0. The Balaban J connectivity index is 0. The van der Waals surface area contributed by atoms with E-state index in [9.17, 15) is 4.39 Å². The molecule has 0 bridgehead atoms. The van der Waals surface area contributed by atoms with Crippen LogP contribution >= 0.6 is 0 Å². The van der Waals surface area contributed by atoms with Gasteiger partial charge in [-0.05, 0) is 49.3 Å². The monoisotopic (exact) mass is 332 g/mol. The van der Waals surface area contributed by atoms with Gasteiger partial charge in [-0.1, -0.05) is 90.1 Å². The summed E-state index contributed by atoms with van der Waals surface area (Å²) in [5.41, 5.74) is 3.50. The normalized spacial score (nSPS) is 11.5. The SMILES string of the molecule is C.C.CCC.CCc1c(F)cccc1C1CC1.Cc1ccccc1. The van der Waals surface area contributed by atoms with E-state index in [2.05, 4.69) is 39.0 Å². The fourth-order valence-corrected chi connectivity index (χ4v) is 2.26. The van der Waals surface area contributed by atoms with Crippen LogP contribution < -0.4 is 0 Å². The second-order valence-corrected chi connectivity index (χ2v) is 5.80. The highest BCUT2D eigenvalue weighted by Gasteiger charge is 2.26. The number of benzene rings is 2. The first-order valence-electron chi connectivity index (χ1n) is 8.42. The summed E-state index contributed by atoms with van der Waals surface area (Å²) >= 11 is 0. The average molecular weight is 333 g/mol. The molecule has 1 saturated carbocycles. The first-order valence-corrected chi connectivity index (χ1v) is 8.42. The number of halogens is 1. The van der Waals surface area contributed by atoms with Gasteiger partial charge in [0.2, 0.25) is 0 Å². The molecule has 0 heterocycles. The maximum atomic E-state index is 13.2. The lowest BCUT2D eigenvalue weighted by Gasteiger charge is -2.06. The summed E-state index contributed by atoms with van der Waals surface area (Å²) in [4.78, 5) is 0. The highest BCUT2D eigenvalue weighted by atomic mass is 19.1. The molecule has 1 fully saturated rings. The van der Waals surface area contributed by atoms with Gasteiger partial charge in [-0.25, -0.2) is 4.39 Å². The van der Waals surface area contributed by atoms with E-state index in [0.717, 1.165) is 12.0 Å². The van der Waals surface area contributed by atoms with E-state index in [0.29, 0.717) is 5.92 Å². The molecule has 0 saturated heterocycles. The molecule has 0 spiro atoms. The molecule has 1 aliphatic carbocycles. The highest BCUT2D eigenvalue weighted by molar-refractivity contribution is 5.34. The minimum atomic E-state index is -0.0260. The van der Waals surface area contributed by atoms with Crippen molar-refractivity contribution in [1.82, 2.24) is 0 Å². The van der Waals surface area contributed by atoms with Crippen molar-refractivity contribution in [2.75, 3.05) is 0 Å². The summed E-state index contributed by atoms with van der Waals surface area (Å²) in [5.74, 6) is 0.637. The standard InChI is InChI=1S/C11H13F.C7H8.C3H8.2CH4/c1-2-9-10(8-6-7-8)4-3-5-11(9)12;1-7-5-3-2-4-6-7;1-3-2;;/h3-5,8H,2,6-7H2,1H3;2-6H,1H3;3H2,1-2H3;2*1H4. The fourth-order valence-electron chi connectivity index (χ4n) is 2.26. The maximum absolute atomic E-state index is 13.2. The second kappa shape index (κ2) is 13.8. The minimum Gasteiger partial charge on any atom is -0.207 e. The van der Waals surface area contributed by atoms with Crippen LogP contribution in [0.3, 0.4) is 0 Å². The highest BCUT2D eigenvalue weighted by Crippen LogP contribution is 2.42. The molecule has 0 unspecified atom stereocenters. The summed E-state index contributed by atoms with van der Waals surface area (Å²) in [6.07, 6.45) is 4.56. The van der Waals surface area contributed by atoms with Crippen LogP contribution in [0.5, 0.6) is 0 Å². The number of rotatable bonds is 2. The van der Waals surface area contributed by atoms with Crippen molar-refractivity contribution in [1.29, 1.82) is 0 Å². The first-order chi connectivity index (χ1) is 10.6. The second-order valence-electron chi connectivity index (χ2n) is 5.80. The molecule has 1 heteroatoms. The largest absolute Gasteiger partial charge is 0.207 e. The third kappa shape index (κ3) is 8.86. The molecule has 2 aromatic rings. The van der Waals surface area contributed by atoms with Crippen LogP contribution in [0.4, 0.5) is 4.39 Å². The van der Waals surface area contributed by atoms with E-state index >= 15 is 0 Å². The van der Waals surface area contributed by atoms with Crippen molar-refractivity contribution < 1.29 is 4.39 Å². The van der Waals surface area contributed by atoms with Crippen LogP contribution in [0.25, 0.3) is 0 Å². The van der Waals surface area contributed by atoms with E-state index in [1.165, 1.54) is 30.4 Å². The van der Waals surface area contributed by atoms with Gasteiger partial charge in [0.15, 0.2) is 0 Å². The van der Waals surface area contributed by atoms with Crippen molar-refractivity contribution in [2.45, 2.75) is 74.1 Å². The van der Waals surface area contributed by atoms with Gasteiger partial charge in [-0.3, -0.25) is 0 Å². The maximum Gasteiger partial charge on any atom is 0.126 e. The summed E-state index contributed by atoms with van der Waals surface area (Å²) in [6.45, 7) is 8.35. The van der Waals surface area contributed by atoms with Crippen molar-refractivity contribution >= 4 is 0 Å². The summed E-state index contributed by atoms with van der Waals surface area (Å²) < 4.78 is 13.2. The Morgan fingerprint density at radius 2 is 1.42 bits per heavy atom. The van der Waals surface area contributed by atoms with Gasteiger partial charge in [0, 0.05) is 0 Å². The summed E-state index contributed by atoms with van der Waals surface area (Å²) in [5, 5.41) is 0. The zero-order valence-corrected chi connectivity index (χ0v) is 14.4. The van der Waals surface area contributed by atoms with E-state index in [1.807, 2.05) is 31.2 Å². The van der Waals surface area contributed by atoms with Gasteiger partial charge >= 0.3 is 0 Å². The van der Waals surface area contributed by atoms with Gasteiger partial charge in [0.05, 0.1) is 0 Å². The summed E-state index contributed by atoms with van der Waals surface area (Å²) in [7, 11) is 0. The molecule has 136 valence electrons. The Kier molecular flexibility index (Phi) is 14.1. The molecule has 0 N–H and O–H groups in total.